The van der Waals surface area contributed by atoms with E-state index in [0.29, 0.717) is 11.7 Å². The van der Waals surface area contributed by atoms with Crippen molar-refractivity contribution < 1.29 is 8.73 Å². The molecular formula is C12H11ClN2O2S. The SMILES string of the molecule is CS(=O)c1ccc(/C=C/c2noc(CCl)n2)cc1. The molecule has 2 rings (SSSR count). The lowest BCUT2D eigenvalue weighted by molar-refractivity contribution is 0.388. The second kappa shape index (κ2) is 5.93. The summed E-state index contributed by atoms with van der Waals surface area (Å²) in [5.41, 5.74) is 0.974. The van der Waals surface area contributed by atoms with Gasteiger partial charge in [-0.25, -0.2) is 0 Å². The minimum Gasteiger partial charge on any atom is -0.338 e. The van der Waals surface area contributed by atoms with Crippen molar-refractivity contribution in [1.29, 1.82) is 0 Å². The second-order valence-corrected chi connectivity index (χ2v) is 5.18. The highest BCUT2D eigenvalue weighted by atomic mass is 35.5. The van der Waals surface area contributed by atoms with Gasteiger partial charge in [0.25, 0.3) is 0 Å². The molecule has 0 spiro atoms. The van der Waals surface area contributed by atoms with E-state index >= 15 is 0 Å². The number of rotatable bonds is 4. The predicted octanol–water partition coefficient (Wildman–Crippen LogP) is 2.72. The minimum absolute atomic E-state index is 0.206. The Bertz CT molecular complexity index is 578. The molecule has 0 aliphatic carbocycles. The molecule has 0 bridgehead atoms. The van der Waals surface area contributed by atoms with Crippen LogP contribution in [0.15, 0.2) is 33.7 Å². The Morgan fingerprint density at radius 2 is 2.06 bits per heavy atom. The predicted molar refractivity (Wildman–Crippen MR) is 71.6 cm³/mol. The van der Waals surface area contributed by atoms with Crippen molar-refractivity contribution in [2.45, 2.75) is 10.8 Å². The molecule has 4 nitrogen and oxygen atoms in total. The van der Waals surface area contributed by atoms with Crippen LogP contribution in [-0.4, -0.2) is 20.6 Å². The average molecular weight is 283 g/mol. The van der Waals surface area contributed by atoms with Crippen molar-refractivity contribution in [1.82, 2.24) is 10.1 Å². The summed E-state index contributed by atoms with van der Waals surface area (Å²) in [5, 5.41) is 3.74. The van der Waals surface area contributed by atoms with Crippen LogP contribution < -0.4 is 0 Å². The van der Waals surface area contributed by atoms with Gasteiger partial charge in [0.15, 0.2) is 5.82 Å². The number of nitrogens with zero attached hydrogens (tertiary/aromatic N) is 2. The standard InChI is InChI=1S/C12H11ClN2O2S/c1-18(16)10-5-2-9(3-6-10)4-7-11-14-12(8-13)17-15-11/h2-7H,8H2,1H3/b7-4+. The smallest absolute Gasteiger partial charge is 0.241 e. The monoisotopic (exact) mass is 282 g/mol. The maximum atomic E-state index is 11.2. The molecule has 94 valence electrons. The fourth-order valence-corrected chi connectivity index (χ4v) is 1.96. The number of benzene rings is 1. The number of hydrogen-bond donors (Lipinski definition) is 0. The van der Waals surface area contributed by atoms with Crippen molar-refractivity contribution >= 4 is 34.6 Å². The number of hydrogen-bond acceptors (Lipinski definition) is 4. The molecule has 0 saturated heterocycles. The Labute approximate surface area is 112 Å². The van der Waals surface area contributed by atoms with Crippen molar-refractivity contribution in [3.05, 3.63) is 41.5 Å². The van der Waals surface area contributed by atoms with Gasteiger partial charge in [0.2, 0.25) is 5.89 Å². The van der Waals surface area contributed by atoms with E-state index in [1.54, 1.807) is 12.3 Å². The molecular weight excluding hydrogens is 272 g/mol. The van der Waals surface area contributed by atoms with Crippen LogP contribution in [0.5, 0.6) is 0 Å². The van der Waals surface area contributed by atoms with Crippen molar-refractivity contribution in [2.75, 3.05) is 6.26 Å². The van der Waals surface area contributed by atoms with Gasteiger partial charge >= 0.3 is 0 Å². The second-order valence-electron chi connectivity index (χ2n) is 3.54. The number of alkyl halides is 1. The van der Waals surface area contributed by atoms with Gasteiger partial charge in [-0.05, 0) is 23.8 Å². The quantitative estimate of drug-likeness (QED) is 0.809. The summed E-state index contributed by atoms with van der Waals surface area (Å²) in [6.07, 6.45) is 5.24. The molecule has 1 atom stereocenters. The van der Waals surface area contributed by atoms with E-state index in [1.165, 1.54) is 0 Å². The Kier molecular flexibility index (Phi) is 4.28. The van der Waals surface area contributed by atoms with Gasteiger partial charge in [-0.15, -0.1) is 11.6 Å². The first kappa shape index (κ1) is 13.0. The van der Waals surface area contributed by atoms with E-state index in [9.17, 15) is 4.21 Å². The molecule has 18 heavy (non-hydrogen) atoms. The molecule has 1 heterocycles. The first-order valence-corrected chi connectivity index (χ1v) is 7.28. The van der Waals surface area contributed by atoms with Crippen LogP contribution in [0, 0.1) is 0 Å². The normalized spacial score (nSPS) is 13.0. The summed E-state index contributed by atoms with van der Waals surface area (Å²) < 4.78 is 16.1. The van der Waals surface area contributed by atoms with Crippen molar-refractivity contribution in [3.8, 4) is 0 Å². The van der Waals surface area contributed by atoms with Crippen molar-refractivity contribution in [3.63, 3.8) is 0 Å². The van der Waals surface area contributed by atoms with E-state index in [1.807, 2.05) is 30.3 Å². The van der Waals surface area contributed by atoms with Gasteiger partial charge in [-0.3, -0.25) is 4.21 Å². The fraction of sp³-hybridized carbons (Fsp3) is 0.167. The molecule has 1 aromatic heterocycles. The van der Waals surface area contributed by atoms with E-state index in [4.69, 9.17) is 16.1 Å². The lowest BCUT2D eigenvalue weighted by Gasteiger charge is -1.96. The van der Waals surface area contributed by atoms with Crippen LogP contribution in [0.4, 0.5) is 0 Å². The minimum atomic E-state index is -0.954. The lowest BCUT2D eigenvalue weighted by Crippen LogP contribution is -1.86. The van der Waals surface area contributed by atoms with Crippen LogP contribution in [0.2, 0.25) is 0 Å². The maximum absolute atomic E-state index is 11.2. The van der Waals surface area contributed by atoms with Crippen LogP contribution in [0.1, 0.15) is 17.3 Å². The van der Waals surface area contributed by atoms with Gasteiger partial charge in [-0.1, -0.05) is 23.4 Å². The van der Waals surface area contributed by atoms with Crippen LogP contribution in [0.25, 0.3) is 12.2 Å². The van der Waals surface area contributed by atoms with Crippen molar-refractivity contribution in [2.24, 2.45) is 0 Å². The Hall–Kier alpha value is -1.46. The summed E-state index contributed by atoms with van der Waals surface area (Å²) >= 11 is 5.56. The lowest BCUT2D eigenvalue weighted by atomic mass is 10.2. The summed E-state index contributed by atoms with van der Waals surface area (Å²) in [5.74, 6) is 1.08. The number of aromatic nitrogens is 2. The highest BCUT2D eigenvalue weighted by Crippen LogP contribution is 2.10. The molecule has 1 unspecified atom stereocenters. The van der Waals surface area contributed by atoms with E-state index in [-0.39, 0.29) is 5.88 Å². The van der Waals surface area contributed by atoms with E-state index in [2.05, 4.69) is 10.1 Å². The average Bonchev–Trinajstić information content (AvgIpc) is 2.85. The topological polar surface area (TPSA) is 56.0 Å². The van der Waals surface area contributed by atoms with E-state index < -0.39 is 10.8 Å². The molecule has 0 N–H and O–H groups in total. The van der Waals surface area contributed by atoms with Crippen LogP contribution in [-0.2, 0) is 16.7 Å². The van der Waals surface area contributed by atoms with Gasteiger partial charge in [-0.2, -0.15) is 4.98 Å². The zero-order chi connectivity index (χ0) is 13.0. The zero-order valence-corrected chi connectivity index (χ0v) is 11.2. The third-order valence-corrected chi connectivity index (χ3v) is 3.40. The highest BCUT2D eigenvalue weighted by molar-refractivity contribution is 7.84. The largest absolute Gasteiger partial charge is 0.338 e. The van der Waals surface area contributed by atoms with Gasteiger partial charge in [0, 0.05) is 22.0 Å². The van der Waals surface area contributed by atoms with E-state index in [0.717, 1.165) is 10.5 Å². The third-order valence-electron chi connectivity index (χ3n) is 2.23. The zero-order valence-electron chi connectivity index (χ0n) is 9.67. The molecule has 1 aromatic carbocycles. The third kappa shape index (κ3) is 3.27. The molecule has 6 heteroatoms. The summed E-state index contributed by atoms with van der Waals surface area (Å²) in [6, 6.07) is 7.43. The Morgan fingerprint density at radius 1 is 1.33 bits per heavy atom. The fourth-order valence-electron chi connectivity index (χ4n) is 1.33. The van der Waals surface area contributed by atoms with Gasteiger partial charge in [0.05, 0.1) is 0 Å². The first-order valence-electron chi connectivity index (χ1n) is 5.19. The van der Waals surface area contributed by atoms with Gasteiger partial charge in [0.1, 0.15) is 5.88 Å². The molecule has 0 aliphatic heterocycles. The Morgan fingerprint density at radius 3 is 2.61 bits per heavy atom. The molecule has 2 aromatic rings. The van der Waals surface area contributed by atoms with Crippen LogP contribution in [0.3, 0.4) is 0 Å². The highest BCUT2D eigenvalue weighted by Gasteiger charge is 2.01. The molecule has 0 radical (unpaired) electrons. The molecule has 0 saturated carbocycles. The summed E-state index contributed by atoms with van der Waals surface area (Å²) in [6.45, 7) is 0. The van der Waals surface area contributed by atoms with Crippen LogP contribution >= 0.6 is 11.6 Å². The molecule has 0 aliphatic rings. The summed E-state index contributed by atoms with van der Waals surface area (Å²) in [4.78, 5) is 4.85. The molecule has 0 fully saturated rings. The maximum Gasteiger partial charge on any atom is 0.241 e. The first-order chi connectivity index (χ1) is 8.69. The number of halogens is 1. The Balaban J connectivity index is 2.11. The van der Waals surface area contributed by atoms with Gasteiger partial charge < -0.3 is 4.52 Å². The summed E-state index contributed by atoms with van der Waals surface area (Å²) in [7, 11) is -0.954. The molecule has 0 amide bonds.